The molecule has 164 valence electrons. The zero-order chi connectivity index (χ0) is 22.0. The summed E-state index contributed by atoms with van der Waals surface area (Å²) in [6, 6.07) is 12.5. The number of fused-ring (bicyclic) bond motifs is 1. The first-order valence-corrected chi connectivity index (χ1v) is 10.4. The molecule has 2 heterocycles. The summed E-state index contributed by atoms with van der Waals surface area (Å²) in [5.74, 6) is -0.447. The number of amides is 1. The lowest BCUT2D eigenvalue weighted by atomic mass is 10.1. The first-order chi connectivity index (χ1) is 15.0. The molecule has 1 amide bonds. The van der Waals surface area contributed by atoms with Gasteiger partial charge in [0.2, 0.25) is 0 Å². The van der Waals surface area contributed by atoms with Crippen molar-refractivity contribution in [2.75, 3.05) is 25.1 Å². The molecule has 3 aromatic rings. The average molecular weight is 426 g/mol. The Morgan fingerprint density at radius 3 is 2.65 bits per heavy atom. The van der Waals surface area contributed by atoms with Gasteiger partial charge in [-0.25, -0.2) is 4.39 Å². The molecule has 1 saturated heterocycles. The molecule has 6 nitrogen and oxygen atoms in total. The lowest BCUT2D eigenvalue weighted by molar-refractivity contribution is -0.00539. The van der Waals surface area contributed by atoms with Gasteiger partial charge in [-0.15, -0.1) is 0 Å². The van der Waals surface area contributed by atoms with Crippen LogP contribution in [0.4, 0.5) is 10.1 Å². The van der Waals surface area contributed by atoms with Gasteiger partial charge >= 0.3 is 0 Å². The minimum Gasteiger partial charge on any atom is -0.451 e. The Bertz CT molecular complexity index is 1070. The number of benzene rings is 2. The standard InChI is InChI=1S/C24H27FN2O4/c1-15-12-27(13-16(2)30-15)21-9-8-17(10-20(21)25)11-26-24(28)23-19(14-29-3)18-6-4-5-7-22(18)31-23/h4-10,15-16H,11-14H2,1-3H3,(H,26,28). The van der Waals surface area contributed by atoms with Gasteiger partial charge < -0.3 is 24.1 Å². The van der Waals surface area contributed by atoms with E-state index in [1.807, 2.05) is 49.1 Å². The van der Waals surface area contributed by atoms with Crippen LogP contribution in [0.25, 0.3) is 11.0 Å². The third-order valence-electron chi connectivity index (χ3n) is 5.42. The summed E-state index contributed by atoms with van der Waals surface area (Å²) in [7, 11) is 1.57. The zero-order valence-corrected chi connectivity index (χ0v) is 18.0. The van der Waals surface area contributed by atoms with Crippen molar-refractivity contribution in [1.82, 2.24) is 5.32 Å². The molecule has 7 heteroatoms. The quantitative estimate of drug-likeness (QED) is 0.638. The SMILES string of the molecule is COCc1c(C(=O)NCc2ccc(N3CC(C)OC(C)C3)c(F)c2)oc2ccccc12. The van der Waals surface area contributed by atoms with Gasteiger partial charge in [0, 0.05) is 37.7 Å². The van der Waals surface area contributed by atoms with Crippen molar-refractivity contribution >= 4 is 22.6 Å². The van der Waals surface area contributed by atoms with E-state index in [0.717, 1.165) is 5.39 Å². The Kier molecular flexibility index (Phi) is 6.25. The van der Waals surface area contributed by atoms with Crippen molar-refractivity contribution in [1.29, 1.82) is 0 Å². The van der Waals surface area contributed by atoms with Crippen LogP contribution in [0.1, 0.15) is 35.5 Å². The number of nitrogens with zero attached hydrogens (tertiary/aromatic N) is 1. The number of morpholine rings is 1. The van der Waals surface area contributed by atoms with Crippen LogP contribution in [-0.2, 0) is 22.6 Å². The summed E-state index contributed by atoms with van der Waals surface area (Å²) < 4.78 is 31.5. The molecule has 1 N–H and O–H groups in total. The van der Waals surface area contributed by atoms with Crippen LogP contribution in [0.5, 0.6) is 0 Å². The largest absolute Gasteiger partial charge is 0.451 e. The Balaban J connectivity index is 1.47. The van der Waals surface area contributed by atoms with Crippen molar-refractivity contribution in [3.8, 4) is 0 Å². The molecular weight excluding hydrogens is 399 g/mol. The summed E-state index contributed by atoms with van der Waals surface area (Å²) in [5.41, 5.74) is 2.56. The molecular formula is C24H27FN2O4. The zero-order valence-electron chi connectivity index (χ0n) is 18.0. The van der Waals surface area contributed by atoms with E-state index in [1.165, 1.54) is 6.07 Å². The van der Waals surface area contributed by atoms with Crippen LogP contribution < -0.4 is 10.2 Å². The van der Waals surface area contributed by atoms with Gasteiger partial charge in [0.1, 0.15) is 11.4 Å². The summed E-state index contributed by atoms with van der Waals surface area (Å²) in [4.78, 5) is 14.8. The van der Waals surface area contributed by atoms with E-state index >= 15 is 0 Å². The number of hydrogen-bond donors (Lipinski definition) is 1. The van der Waals surface area contributed by atoms with Crippen LogP contribution in [0, 0.1) is 5.82 Å². The van der Waals surface area contributed by atoms with Gasteiger partial charge in [0.15, 0.2) is 5.76 Å². The van der Waals surface area contributed by atoms with E-state index in [2.05, 4.69) is 5.32 Å². The van der Waals surface area contributed by atoms with E-state index in [1.54, 1.807) is 13.2 Å². The molecule has 2 aromatic carbocycles. The molecule has 2 atom stereocenters. The van der Waals surface area contributed by atoms with E-state index < -0.39 is 0 Å². The highest BCUT2D eigenvalue weighted by molar-refractivity contribution is 5.99. The Labute approximate surface area is 180 Å². The molecule has 1 aliphatic heterocycles. The first-order valence-electron chi connectivity index (χ1n) is 10.4. The minimum atomic E-state index is -0.358. The van der Waals surface area contributed by atoms with E-state index in [9.17, 15) is 9.18 Å². The molecule has 0 bridgehead atoms. The lowest BCUT2D eigenvalue weighted by Gasteiger charge is -2.37. The van der Waals surface area contributed by atoms with Gasteiger partial charge in [-0.05, 0) is 37.6 Å². The highest BCUT2D eigenvalue weighted by Crippen LogP contribution is 2.27. The number of furan rings is 1. The number of carbonyl (C=O) groups is 1. The maximum absolute atomic E-state index is 14.8. The maximum atomic E-state index is 14.8. The fraction of sp³-hybridized carbons (Fsp3) is 0.375. The molecule has 1 aromatic heterocycles. The Morgan fingerprint density at radius 2 is 1.94 bits per heavy atom. The Morgan fingerprint density at radius 1 is 1.19 bits per heavy atom. The number of ether oxygens (including phenoxy) is 2. The third-order valence-corrected chi connectivity index (χ3v) is 5.42. The molecule has 31 heavy (non-hydrogen) atoms. The van der Waals surface area contributed by atoms with Crippen molar-refractivity contribution in [3.63, 3.8) is 0 Å². The van der Waals surface area contributed by atoms with Crippen molar-refractivity contribution in [2.45, 2.75) is 39.2 Å². The third kappa shape index (κ3) is 4.57. The van der Waals surface area contributed by atoms with Crippen molar-refractivity contribution in [3.05, 3.63) is 65.2 Å². The summed E-state index contributed by atoms with van der Waals surface area (Å²) in [6.45, 7) is 5.72. The van der Waals surface area contributed by atoms with Gasteiger partial charge in [0.05, 0.1) is 24.5 Å². The van der Waals surface area contributed by atoms with Gasteiger partial charge in [0.25, 0.3) is 5.91 Å². The fourth-order valence-electron chi connectivity index (χ4n) is 4.12. The number of halogens is 1. The number of carbonyl (C=O) groups excluding carboxylic acids is 1. The topological polar surface area (TPSA) is 63.9 Å². The first kappa shape index (κ1) is 21.3. The fourth-order valence-corrected chi connectivity index (χ4v) is 4.12. The molecule has 1 aliphatic rings. The number of anilines is 1. The molecule has 4 rings (SSSR count). The minimum absolute atomic E-state index is 0.0484. The second-order valence-electron chi connectivity index (χ2n) is 7.97. The van der Waals surface area contributed by atoms with Crippen molar-refractivity contribution < 1.29 is 23.1 Å². The molecule has 2 unspecified atom stereocenters. The van der Waals surface area contributed by atoms with Gasteiger partial charge in [-0.2, -0.15) is 0 Å². The predicted octanol–water partition coefficient (Wildman–Crippen LogP) is 4.26. The van der Waals surface area contributed by atoms with E-state index in [4.69, 9.17) is 13.9 Å². The summed E-state index contributed by atoms with van der Waals surface area (Å²) >= 11 is 0. The predicted molar refractivity (Wildman–Crippen MR) is 117 cm³/mol. The lowest BCUT2D eigenvalue weighted by Crippen LogP contribution is -2.45. The van der Waals surface area contributed by atoms with Crippen LogP contribution in [0.15, 0.2) is 46.9 Å². The van der Waals surface area contributed by atoms with Crippen LogP contribution in [-0.4, -0.2) is 38.3 Å². The van der Waals surface area contributed by atoms with Crippen molar-refractivity contribution in [2.24, 2.45) is 0 Å². The number of rotatable bonds is 6. The van der Waals surface area contributed by atoms with Gasteiger partial charge in [-0.3, -0.25) is 4.79 Å². The highest BCUT2D eigenvalue weighted by atomic mass is 19.1. The molecule has 0 saturated carbocycles. The molecule has 0 spiro atoms. The van der Waals surface area contributed by atoms with Crippen LogP contribution in [0.3, 0.4) is 0 Å². The van der Waals surface area contributed by atoms with Gasteiger partial charge in [-0.1, -0.05) is 24.3 Å². The maximum Gasteiger partial charge on any atom is 0.287 e. The summed E-state index contributed by atoms with van der Waals surface area (Å²) in [5, 5.41) is 3.67. The number of para-hydroxylation sites is 1. The summed E-state index contributed by atoms with van der Waals surface area (Å²) in [6.07, 6.45) is 0.0967. The highest BCUT2D eigenvalue weighted by Gasteiger charge is 2.24. The smallest absolute Gasteiger partial charge is 0.287 e. The Hall–Kier alpha value is -2.90. The average Bonchev–Trinajstić information content (AvgIpc) is 3.10. The van der Waals surface area contributed by atoms with E-state index in [0.29, 0.717) is 35.5 Å². The van der Waals surface area contributed by atoms with Crippen LogP contribution >= 0.6 is 0 Å². The second-order valence-corrected chi connectivity index (χ2v) is 7.97. The van der Waals surface area contributed by atoms with E-state index in [-0.39, 0.29) is 42.8 Å². The monoisotopic (exact) mass is 426 g/mol. The number of nitrogens with one attached hydrogen (secondary N) is 1. The molecule has 1 fully saturated rings. The second kappa shape index (κ2) is 9.08. The number of hydrogen-bond acceptors (Lipinski definition) is 5. The van der Waals surface area contributed by atoms with Crippen LogP contribution in [0.2, 0.25) is 0 Å². The molecule has 0 aliphatic carbocycles. The normalized spacial score (nSPS) is 19.0. The molecule has 0 radical (unpaired) electrons. The number of methoxy groups -OCH3 is 1.